The number of aromatic nitrogens is 2. The van der Waals surface area contributed by atoms with Gasteiger partial charge in [-0.1, -0.05) is 11.6 Å². The van der Waals surface area contributed by atoms with E-state index in [2.05, 4.69) is 10.4 Å². The highest BCUT2D eigenvalue weighted by molar-refractivity contribution is 6.30. The first-order chi connectivity index (χ1) is 10.5. The Balaban J connectivity index is 1.69. The van der Waals surface area contributed by atoms with Gasteiger partial charge in [0.1, 0.15) is 18.9 Å². The first kappa shape index (κ1) is 15.8. The van der Waals surface area contributed by atoms with Crippen LogP contribution < -0.4 is 10.1 Å². The van der Waals surface area contributed by atoms with Gasteiger partial charge < -0.3 is 20.2 Å². The number of ether oxygens (including phenoxy) is 1. The van der Waals surface area contributed by atoms with Crippen LogP contribution >= 0.6 is 11.6 Å². The Hall–Kier alpha value is -2.61. The summed E-state index contributed by atoms with van der Waals surface area (Å²) < 4.78 is 6.61. The van der Waals surface area contributed by atoms with Gasteiger partial charge >= 0.3 is 5.82 Å². The summed E-state index contributed by atoms with van der Waals surface area (Å²) in [6.45, 7) is 0.520. The Morgan fingerprint density at radius 3 is 2.73 bits per heavy atom. The Kier molecular flexibility index (Phi) is 5.31. The molecule has 0 aliphatic rings. The van der Waals surface area contributed by atoms with Crippen molar-refractivity contribution in [1.82, 2.24) is 15.1 Å². The lowest BCUT2D eigenvalue weighted by atomic mass is 10.3. The van der Waals surface area contributed by atoms with Crippen molar-refractivity contribution in [2.24, 2.45) is 0 Å². The number of nitrogens with zero attached hydrogens (tertiary/aromatic N) is 3. The minimum Gasteiger partial charge on any atom is -0.492 e. The fraction of sp³-hybridized carbons (Fsp3) is 0.231. The van der Waals surface area contributed by atoms with Gasteiger partial charge in [-0.05, 0) is 29.2 Å². The number of carbonyl (C=O) groups excluding carboxylic acids is 1. The summed E-state index contributed by atoms with van der Waals surface area (Å²) in [6.07, 6.45) is 1.38. The highest BCUT2D eigenvalue weighted by Crippen LogP contribution is 2.15. The molecule has 2 rings (SSSR count). The number of nitrogens with one attached hydrogen (secondary N) is 1. The van der Waals surface area contributed by atoms with Crippen molar-refractivity contribution in [3.63, 3.8) is 0 Å². The largest absolute Gasteiger partial charge is 0.492 e. The van der Waals surface area contributed by atoms with Crippen LogP contribution in [0.3, 0.4) is 0 Å². The van der Waals surface area contributed by atoms with Gasteiger partial charge in [0.25, 0.3) is 0 Å². The minimum absolute atomic E-state index is 0.0885. The molecule has 1 N–H and O–H groups in total. The molecule has 0 bridgehead atoms. The van der Waals surface area contributed by atoms with Crippen LogP contribution in [0.25, 0.3) is 0 Å². The van der Waals surface area contributed by atoms with Gasteiger partial charge in [-0.15, -0.1) is 0 Å². The Morgan fingerprint density at radius 1 is 1.36 bits per heavy atom. The van der Waals surface area contributed by atoms with Crippen molar-refractivity contribution in [2.45, 2.75) is 6.54 Å². The van der Waals surface area contributed by atoms with Gasteiger partial charge in [0.05, 0.1) is 23.9 Å². The lowest BCUT2D eigenvalue weighted by molar-refractivity contribution is -0.389. The number of hydrogen-bond acceptors (Lipinski definition) is 5. The summed E-state index contributed by atoms with van der Waals surface area (Å²) in [5, 5.41) is 17.4. The van der Waals surface area contributed by atoms with Crippen LogP contribution in [0.2, 0.25) is 5.02 Å². The average Bonchev–Trinajstić information content (AvgIpc) is 2.94. The molecule has 1 aromatic heterocycles. The van der Waals surface area contributed by atoms with Crippen LogP contribution in [-0.2, 0) is 11.3 Å². The molecule has 1 amide bonds. The molecule has 1 heterocycles. The third-order valence-corrected chi connectivity index (χ3v) is 2.88. The fourth-order valence-corrected chi connectivity index (χ4v) is 1.76. The second-order valence-electron chi connectivity index (χ2n) is 4.28. The molecule has 1 aromatic carbocycles. The highest BCUT2D eigenvalue weighted by atomic mass is 35.5. The van der Waals surface area contributed by atoms with Crippen LogP contribution in [0.1, 0.15) is 0 Å². The Morgan fingerprint density at radius 2 is 2.09 bits per heavy atom. The van der Waals surface area contributed by atoms with Crippen molar-refractivity contribution < 1.29 is 14.5 Å². The average molecular weight is 325 g/mol. The summed E-state index contributed by atoms with van der Waals surface area (Å²) in [5.41, 5.74) is 0. The summed E-state index contributed by atoms with van der Waals surface area (Å²) in [7, 11) is 0. The van der Waals surface area contributed by atoms with E-state index in [0.717, 1.165) is 0 Å². The molecule has 22 heavy (non-hydrogen) atoms. The maximum atomic E-state index is 11.6. The molecular weight excluding hydrogens is 312 g/mol. The predicted molar refractivity (Wildman–Crippen MR) is 78.8 cm³/mol. The zero-order valence-electron chi connectivity index (χ0n) is 11.4. The second kappa shape index (κ2) is 7.41. The van der Waals surface area contributed by atoms with E-state index < -0.39 is 4.92 Å². The third kappa shape index (κ3) is 4.74. The molecule has 0 atom stereocenters. The van der Waals surface area contributed by atoms with Gasteiger partial charge in [-0.2, -0.15) is 4.68 Å². The van der Waals surface area contributed by atoms with E-state index in [1.807, 2.05) is 0 Å². The highest BCUT2D eigenvalue weighted by Gasteiger charge is 2.12. The Bertz CT molecular complexity index is 656. The van der Waals surface area contributed by atoms with E-state index in [4.69, 9.17) is 16.3 Å². The maximum absolute atomic E-state index is 11.6. The number of hydrogen-bond donors (Lipinski definition) is 1. The van der Waals surface area contributed by atoms with Gasteiger partial charge in [-0.3, -0.25) is 4.79 Å². The minimum atomic E-state index is -0.617. The van der Waals surface area contributed by atoms with Crippen molar-refractivity contribution >= 4 is 23.3 Å². The fourth-order valence-electron chi connectivity index (χ4n) is 1.63. The molecule has 0 aliphatic heterocycles. The summed E-state index contributed by atoms with van der Waals surface area (Å²) in [6, 6.07) is 8.11. The van der Waals surface area contributed by atoms with Crippen LogP contribution in [-0.4, -0.2) is 33.8 Å². The zero-order valence-corrected chi connectivity index (χ0v) is 12.2. The molecule has 116 valence electrons. The van der Waals surface area contributed by atoms with Crippen LogP contribution in [0, 0.1) is 10.1 Å². The van der Waals surface area contributed by atoms with Crippen molar-refractivity contribution in [3.8, 4) is 5.75 Å². The number of halogens is 1. The quantitative estimate of drug-likeness (QED) is 0.474. The number of rotatable bonds is 7. The first-order valence-electron chi connectivity index (χ1n) is 6.37. The topological polar surface area (TPSA) is 99.3 Å². The number of nitro groups is 1. The third-order valence-electron chi connectivity index (χ3n) is 2.63. The first-order valence-corrected chi connectivity index (χ1v) is 6.75. The molecule has 0 unspecified atom stereocenters. The standard InChI is InChI=1S/C13H13ClN4O4/c14-10-1-3-11(4-2-10)22-8-6-15-13(19)9-17-7-5-12(16-17)18(20)21/h1-5,7H,6,8-9H2,(H,15,19). The van der Waals surface area contributed by atoms with E-state index in [-0.39, 0.29) is 18.3 Å². The van der Waals surface area contributed by atoms with E-state index in [9.17, 15) is 14.9 Å². The molecule has 2 aromatic rings. The summed E-state index contributed by atoms with van der Waals surface area (Å²) in [4.78, 5) is 21.5. The normalized spacial score (nSPS) is 10.2. The lowest BCUT2D eigenvalue weighted by Gasteiger charge is -2.07. The number of amides is 1. The summed E-state index contributed by atoms with van der Waals surface area (Å²) >= 11 is 5.75. The van der Waals surface area contributed by atoms with Gasteiger partial charge in [-0.25, -0.2) is 0 Å². The lowest BCUT2D eigenvalue weighted by Crippen LogP contribution is -2.31. The molecule has 0 aliphatic carbocycles. The van der Waals surface area contributed by atoms with Gasteiger partial charge in [0.2, 0.25) is 5.91 Å². The monoisotopic (exact) mass is 324 g/mol. The summed E-state index contributed by atoms with van der Waals surface area (Å²) in [5.74, 6) is 0.0536. The Labute approximate surface area is 130 Å². The molecule has 8 nitrogen and oxygen atoms in total. The molecule has 0 radical (unpaired) electrons. The van der Waals surface area contributed by atoms with E-state index in [0.29, 0.717) is 23.9 Å². The van der Waals surface area contributed by atoms with Crippen molar-refractivity contribution in [2.75, 3.05) is 13.2 Å². The second-order valence-corrected chi connectivity index (χ2v) is 4.72. The molecule has 0 saturated carbocycles. The zero-order chi connectivity index (χ0) is 15.9. The molecule has 9 heteroatoms. The van der Waals surface area contributed by atoms with Crippen molar-refractivity contribution in [1.29, 1.82) is 0 Å². The number of carbonyl (C=O) groups is 1. The van der Waals surface area contributed by atoms with E-state index in [1.54, 1.807) is 24.3 Å². The van der Waals surface area contributed by atoms with Crippen molar-refractivity contribution in [3.05, 3.63) is 51.7 Å². The van der Waals surface area contributed by atoms with Crippen LogP contribution in [0.5, 0.6) is 5.75 Å². The molecule has 0 fully saturated rings. The SMILES string of the molecule is O=C(Cn1ccc([N+](=O)[O-])n1)NCCOc1ccc(Cl)cc1. The molecule has 0 spiro atoms. The predicted octanol–water partition coefficient (Wildman–Crippen LogP) is 1.64. The van der Waals surface area contributed by atoms with E-state index in [1.165, 1.54) is 16.9 Å². The van der Waals surface area contributed by atoms with Gasteiger partial charge in [0.15, 0.2) is 0 Å². The smallest absolute Gasteiger partial charge is 0.389 e. The number of benzene rings is 1. The van der Waals surface area contributed by atoms with Gasteiger partial charge in [0, 0.05) is 5.02 Å². The van der Waals surface area contributed by atoms with Crippen LogP contribution in [0.15, 0.2) is 36.5 Å². The van der Waals surface area contributed by atoms with Crippen LogP contribution in [0.4, 0.5) is 5.82 Å². The van der Waals surface area contributed by atoms with E-state index >= 15 is 0 Å². The maximum Gasteiger partial charge on any atom is 0.389 e. The molecular formula is C13H13ClN4O4. The molecule has 0 saturated heterocycles.